The maximum absolute atomic E-state index is 12.2. The molecule has 35 heavy (non-hydrogen) atoms. The molecule has 0 saturated carbocycles. The number of nitrogens with one attached hydrogen (secondary N) is 2. The molecule has 2 aromatic carbocycles. The van der Waals surface area contributed by atoms with E-state index in [1.165, 1.54) is 6.42 Å². The van der Waals surface area contributed by atoms with Crippen LogP contribution >= 0.6 is 0 Å². The van der Waals surface area contributed by atoms with Gasteiger partial charge in [0, 0.05) is 13.1 Å². The van der Waals surface area contributed by atoms with E-state index in [1.54, 1.807) is 0 Å². The van der Waals surface area contributed by atoms with E-state index >= 15 is 0 Å². The fraction of sp³-hybridized carbons (Fsp3) is 0.500. The Morgan fingerprint density at radius 1 is 0.800 bits per heavy atom. The van der Waals surface area contributed by atoms with Crippen LogP contribution in [0.15, 0.2) is 72.8 Å². The molecule has 0 heterocycles. The summed E-state index contributed by atoms with van der Waals surface area (Å²) in [6, 6.07) is 20.5. The normalized spacial score (nSPS) is 12.1. The third-order valence-electron chi connectivity index (χ3n) is 6.85. The average Bonchev–Trinajstić information content (AvgIpc) is 2.88. The van der Waals surface area contributed by atoms with Crippen molar-refractivity contribution in [2.75, 3.05) is 13.1 Å². The van der Waals surface area contributed by atoms with E-state index in [0.717, 1.165) is 74.8 Å². The quantitative estimate of drug-likeness (QED) is 0.154. The second-order valence-electron chi connectivity index (χ2n) is 10.1. The molecule has 192 valence electrons. The van der Waals surface area contributed by atoms with Crippen LogP contribution in [0.3, 0.4) is 0 Å². The van der Waals surface area contributed by atoms with E-state index in [9.17, 15) is 9.59 Å². The first kappa shape index (κ1) is 28.9. The molecule has 2 rings (SSSR count). The van der Waals surface area contributed by atoms with Gasteiger partial charge in [-0.2, -0.15) is 0 Å². The monoisotopic (exact) mass is 494 g/mol. The largest absolute Gasteiger partial charge is 0.424 e. The van der Waals surface area contributed by atoms with Gasteiger partial charge in [0.25, 0.3) is 8.32 Å². The van der Waals surface area contributed by atoms with Crippen LogP contribution in [0.25, 0.3) is 0 Å². The van der Waals surface area contributed by atoms with Crippen LogP contribution < -0.4 is 21.0 Å². The zero-order chi connectivity index (χ0) is 25.4. The van der Waals surface area contributed by atoms with Gasteiger partial charge in [0.15, 0.2) is 0 Å². The maximum atomic E-state index is 12.2. The minimum absolute atomic E-state index is 0.0474. The van der Waals surface area contributed by atoms with Crippen LogP contribution in [0.5, 0.6) is 0 Å². The first-order valence-electron chi connectivity index (χ1n) is 13.4. The van der Waals surface area contributed by atoms with Crippen molar-refractivity contribution >= 4 is 24.7 Å². The fourth-order valence-corrected chi connectivity index (χ4v) is 8.40. The molecule has 0 radical (unpaired) electrons. The Morgan fingerprint density at radius 3 is 1.80 bits per heavy atom. The number of amides is 2. The Hall–Kier alpha value is -2.37. The number of hydrogen-bond donors (Lipinski definition) is 3. The molecule has 0 aliphatic rings. The third kappa shape index (κ3) is 9.30. The third-order valence-corrected chi connectivity index (χ3v) is 11.4. The van der Waals surface area contributed by atoms with E-state index in [0.29, 0.717) is 0 Å². The van der Waals surface area contributed by atoms with Gasteiger partial charge < -0.3 is 15.4 Å². The summed E-state index contributed by atoms with van der Waals surface area (Å²) in [6.07, 6.45) is 14.1. The molecule has 2 amide bonds. The molecule has 0 atom stereocenters. The number of hydrogen-bond acceptors (Lipinski definition) is 2. The lowest BCUT2D eigenvalue weighted by Gasteiger charge is -2.41. The van der Waals surface area contributed by atoms with Crippen LogP contribution in [-0.2, 0) is 0 Å². The van der Waals surface area contributed by atoms with Gasteiger partial charge in [-0.25, -0.2) is 4.79 Å². The summed E-state index contributed by atoms with van der Waals surface area (Å²) in [6.45, 7) is 8.11. The molecule has 0 spiro atoms. The number of allylic oxidation sites excluding steroid dienone is 2. The van der Waals surface area contributed by atoms with Crippen LogP contribution in [0.1, 0.15) is 78.6 Å². The molecule has 0 saturated heterocycles. The standard InChI is InChI=1S/C30H46N2O2Si/c1-4-5-18-25-31-29(33)32-26-19-10-8-6-7-9-17-24-30(2,3)35(34,27-20-13-11-14-21-27)28-22-15-12-16-23-28/h6-7,11-16,20-23,34H,4-5,8-10,17-19,24-26H2,1-3H3,(H2,31,32,33)/b7-6-. The summed E-state index contributed by atoms with van der Waals surface area (Å²) in [4.78, 5) is 23.9. The van der Waals surface area contributed by atoms with Crippen LogP contribution in [0.2, 0.25) is 5.04 Å². The van der Waals surface area contributed by atoms with E-state index in [2.05, 4.69) is 67.8 Å². The highest BCUT2D eigenvalue weighted by Gasteiger charge is 2.49. The van der Waals surface area contributed by atoms with Crippen molar-refractivity contribution < 1.29 is 9.59 Å². The van der Waals surface area contributed by atoms with Crippen molar-refractivity contribution in [1.82, 2.24) is 10.6 Å². The van der Waals surface area contributed by atoms with Crippen LogP contribution in [0.4, 0.5) is 4.79 Å². The highest BCUT2D eigenvalue weighted by atomic mass is 28.4. The predicted molar refractivity (Wildman–Crippen MR) is 152 cm³/mol. The van der Waals surface area contributed by atoms with Crippen molar-refractivity contribution in [3.8, 4) is 0 Å². The van der Waals surface area contributed by atoms with Crippen molar-refractivity contribution in [3.63, 3.8) is 0 Å². The Labute approximate surface area is 214 Å². The number of unbranched alkanes of at least 4 members (excludes halogenated alkanes) is 5. The molecule has 0 aromatic heterocycles. The second-order valence-corrected chi connectivity index (χ2v) is 14.0. The van der Waals surface area contributed by atoms with Gasteiger partial charge >= 0.3 is 6.03 Å². The van der Waals surface area contributed by atoms with Gasteiger partial charge in [-0.05, 0) is 60.4 Å². The summed E-state index contributed by atoms with van der Waals surface area (Å²) in [5.74, 6) is 0. The van der Waals surface area contributed by atoms with Crippen molar-refractivity contribution in [2.45, 2.75) is 83.6 Å². The molecule has 0 bridgehead atoms. The van der Waals surface area contributed by atoms with Crippen LogP contribution in [-0.4, -0.2) is 32.2 Å². The molecule has 2 aromatic rings. The van der Waals surface area contributed by atoms with Gasteiger partial charge in [-0.15, -0.1) is 0 Å². The smallest absolute Gasteiger partial charge is 0.314 e. The zero-order valence-electron chi connectivity index (χ0n) is 22.1. The molecular weight excluding hydrogens is 448 g/mol. The lowest BCUT2D eigenvalue weighted by molar-refractivity contribution is 0.240. The van der Waals surface area contributed by atoms with Gasteiger partial charge in [0.2, 0.25) is 0 Å². The van der Waals surface area contributed by atoms with E-state index in [-0.39, 0.29) is 11.1 Å². The molecule has 5 heteroatoms. The Morgan fingerprint density at radius 2 is 1.29 bits per heavy atom. The summed E-state index contributed by atoms with van der Waals surface area (Å²) < 4.78 is 0. The Kier molecular flexibility index (Phi) is 12.9. The molecule has 0 aliphatic heterocycles. The van der Waals surface area contributed by atoms with Gasteiger partial charge in [0.05, 0.1) is 0 Å². The van der Waals surface area contributed by atoms with Crippen molar-refractivity contribution in [2.24, 2.45) is 0 Å². The summed E-state index contributed by atoms with van der Waals surface area (Å²) in [5, 5.41) is 7.81. The SMILES string of the molecule is CCCCCNC(=O)NCCCC/C=C\CCCC(C)(C)[Si](O)(c1ccccc1)c1ccccc1. The molecule has 0 fully saturated rings. The minimum Gasteiger partial charge on any atom is -0.424 e. The lowest BCUT2D eigenvalue weighted by atomic mass is 10.0. The molecule has 0 aliphatic carbocycles. The summed E-state index contributed by atoms with van der Waals surface area (Å²) in [7, 11) is -2.91. The first-order chi connectivity index (χ1) is 16.9. The molecule has 4 nitrogen and oxygen atoms in total. The topological polar surface area (TPSA) is 61.4 Å². The summed E-state index contributed by atoms with van der Waals surface area (Å²) >= 11 is 0. The van der Waals surface area contributed by atoms with Crippen LogP contribution in [0, 0.1) is 0 Å². The number of benzene rings is 2. The lowest BCUT2D eigenvalue weighted by Crippen LogP contribution is -2.65. The van der Waals surface area contributed by atoms with E-state index in [4.69, 9.17) is 0 Å². The first-order valence-corrected chi connectivity index (χ1v) is 15.4. The number of carbonyl (C=O) groups is 1. The summed E-state index contributed by atoms with van der Waals surface area (Å²) in [5.41, 5.74) is 0. The molecule has 3 N–H and O–H groups in total. The van der Waals surface area contributed by atoms with Gasteiger partial charge in [-0.1, -0.05) is 106 Å². The van der Waals surface area contributed by atoms with Crippen molar-refractivity contribution in [1.29, 1.82) is 0 Å². The number of rotatable bonds is 16. The highest BCUT2D eigenvalue weighted by Crippen LogP contribution is 2.40. The zero-order valence-corrected chi connectivity index (χ0v) is 23.1. The Balaban J connectivity index is 1.73. The predicted octanol–water partition coefficient (Wildman–Crippen LogP) is 5.91. The maximum Gasteiger partial charge on any atom is 0.314 e. The number of urea groups is 1. The van der Waals surface area contributed by atoms with Gasteiger partial charge in [0.1, 0.15) is 0 Å². The molecule has 0 unspecified atom stereocenters. The van der Waals surface area contributed by atoms with E-state index in [1.807, 2.05) is 36.4 Å². The Bertz CT molecular complexity index is 829. The van der Waals surface area contributed by atoms with Gasteiger partial charge in [-0.3, -0.25) is 0 Å². The minimum atomic E-state index is -2.91. The second kappa shape index (κ2) is 15.6. The van der Waals surface area contributed by atoms with E-state index < -0.39 is 8.32 Å². The number of carbonyl (C=O) groups excluding carboxylic acids is 1. The average molecular weight is 495 g/mol. The fourth-order valence-electron chi connectivity index (χ4n) is 4.61. The highest BCUT2D eigenvalue weighted by molar-refractivity contribution is 6.98. The molecular formula is C30H46N2O2Si. The van der Waals surface area contributed by atoms with Crippen molar-refractivity contribution in [3.05, 3.63) is 72.8 Å².